The molecule has 0 unspecified atom stereocenters. The maximum atomic E-state index is 12.6. The third-order valence-corrected chi connectivity index (χ3v) is 4.90. The molecular weight excluding hydrogens is 402 g/mol. The van der Waals surface area contributed by atoms with Gasteiger partial charge < -0.3 is 15.0 Å². The highest BCUT2D eigenvalue weighted by molar-refractivity contribution is 7.99. The van der Waals surface area contributed by atoms with Crippen LogP contribution in [-0.2, 0) is 4.74 Å². The number of hydrogen-bond acceptors (Lipinski definition) is 6. The molecule has 1 aromatic heterocycles. The smallest absolute Gasteiger partial charge is 0.410 e. The molecule has 0 aliphatic carbocycles. The van der Waals surface area contributed by atoms with E-state index in [4.69, 9.17) is 4.74 Å². The van der Waals surface area contributed by atoms with Gasteiger partial charge in [0.1, 0.15) is 10.6 Å². The Morgan fingerprint density at radius 1 is 1.28 bits per heavy atom. The summed E-state index contributed by atoms with van der Waals surface area (Å²) in [4.78, 5) is 32.1. The first-order valence-electron chi connectivity index (χ1n) is 9.54. The van der Waals surface area contributed by atoms with Gasteiger partial charge in [0, 0.05) is 38.9 Å². The van der Waals surface area contributed by atoms with Gasteiger partial charge in [-0.15, -0.1) is 0 Å². The standard InChI is InChI=1S/C19H28F2N4O3S/c1-19(2,3)28-18(27)25-12-10-24(11-13-25)9-5-8-22-15(26)14-6-4-7-23-16(14)29-17(20)21/h4,6-7,17H,5,8-13H2,1-3H3,(H,22,26). The van der Waals surface area contributed by atoms with Crippen molar-refractivity contribution in [3.8, 4) is 0 Å². The van der Waals surface area contributed by atoms with Crippen LogP contribution < -0.4 is 5.32 Å². The quantitative estimate of drug-likeness (QED) is 0.529. The Morgan fingerprint density at radius 2 is 1.97 bits per heavy atom. The number of aromatic nitrogens is 1. The third-order valence-electron chi connectivity index (χ3n) is 4.18. The van der Waals surface area contributed by atoms with Crippen LogP contribution >= 0.6 is 11.8 Å². The molecule has 10 heteroatoms. The van der Waals surface area contributed by atoms with Crippen LogP contribution in [0.3, 0.4) is 0 Å². The van der Waals surface area contributed by atoms with E-state index in [1.165, 1.54) is 12.3 Å². The molecule has 1 N–H and O–H groups in total. The van der Waals surface area contributed by atoms with E-state index in [0.717, 1.165) is 26.1 Å². The number of pyridine rings is 1. The Bertz CT molecular complexity index is 692. The zero-order valence-electron chi connectivity index (χ0n) is 17.0. The maximum absolute atomic E-state index is 12.6. The Hall–Kier alpha value is -1.94. The third kappa shape index (κ3) is 8.14. The second-order valence-corrected chi connectivity index (χ2v) is 8.63. The molecule has 1 aromatic rings. The minimum Gasteiger partial charge on any atom is -0.444 e. The minimum atomic E-state index is -2.63. The second-order valence-electron chi connectivity index (χ2n) is 7.65. The van der Waals surface area contributed by atoms with Crippen LogP contribution in [0.25, 0.3) is 0 Å². The summed E-state index contributed by atoms with van der Waals surface area (Å²) in [7, 11) is 0. The first kappa shape index (κ1) is 23.3. The molecular formula is C19H28F2N4O3S. The van der Waals surface area contributed by atoms with E-state index in [-0.39, 0.29) is 28.4 Å². The molecule has 2 rings (SSSR count). The van der Waals surface area contributed by atoms with Gasteiger partial charge >= 0.3 is 6.09 Å². The van der Waals surface area contributed by atoms with Crippen LogP contribution in [0.1, 0.15) is 37.6 Å². The number of nitrogens with zero attached hydrogens (tertiary/aromatic N) is 3. The molecule has 29 heavy (non-hydrogen) atoms. The lowest BCUT2D eigenvalue weighted by atomic mass is 10.2. The second kappa shape index (κ2) is 10.7. The van der Waals surface area contributed by atoms with E-state index < -0.39 is 17.3 Å². The summed E-state index contributed by atoms with van der Waals surface area (Å²) in [6.45, 7) is 9.42. The molecule has 1 saturated heterocycles. The van der Waals surface area contributed by atoms with Gasteiger partial charge in [-0.3, -0.25) is 9.69 Å². The first-order chi connectivity index (χ1) is 13.7. The summed E-state index contributed by atoms with van der Waals surface area (Å²) in [5.41, 5.74) is -0.349. The van der Waals surface area contributed by atoms with Gasteiger partial charge in [0.2, 0.25) is 0 Å². The van der Waals surface area contributed by atoms with Crippen molar-refractivity contribution >= 4 is 23.8 Å². The van der Waals surface area contributed by atoms with E-state index in [1.54, 1.807) is 11.0 Å². The van der Waals surface area contributed by atoms with Gasteiger partial charge in [-0.05, 0) is 57.6 Å². The molecule has 7 nitrogen and oxygen atoms in total. The number of ether oxygens (including phenoxy) is 1. The van der Waals surface area contributed by atoms with Crippen molar-refractivity contribution in [2.24, 2.45) is 0 Å². The largest absolute Gasteiger partial charge is 0.444 e. The molecule has 162 valence electrons. The van der Waals surface area contributed by atoms with E-state index in [0.29, 0.717) is 19.6 Å². The average Bonchev–Trinajstić information content (AvgIpc) is 2.64. The van der Waals surface area contributed by atoms with Crippen molar-refractivity contribution in [3.63, 3.8) is 0 Å². The Kier molecular flexibility index (Phi) is 8.63. The number of hydrogen-bond donors (Lipinski definition) is 1. The van der Waals surface area contributed by atoms with E-state index in [9.17, 15) is 18.4 Å². The average molecular weight is 431 g/mol. The number of alkyl halides is 2. The topological polar surface area (TPSA) is 74.8 Å². The number of carbonyl (C=O) groups is 2. The lowest BCUT2D eigenvalue weighted by molar-refractivity contribution is 0.0144. The normalized spacial score (nSPS) is 15.4. The molecule has 0 bridgehead atoms. The van der Waals surface area contributed by atoms with Crippen molar-refractivity contribution in [1.82, 2.24) is 20.1 Å². The van der Waals surface area contributed by atoms with Gasteiger partial charge in [-0.2, -0.15) is 8.78 Å². The number of nitrogens with one attached hydrogen (secondary N) is 1. The Labute approximate surface area is 174 Å². The fourth-order valence-corrected chi connectivity index (χ4v) is 3.40. The van der Waals surface area contributed by atoms with Crippen LogP contribution in [0, 0.1) is 0 Å². The van der Waals surface area contributed by atoms with Crippen LogP contribution in [0.5, 0.6) is 0 Å². The number of amides is 2. The Balaban J connectivity index is 1.69. The predicted octanol–water partition coefficient (Wildman–Crippen LogP) is 3.07. The highest BCUT2D eigenvalue weighted by Crippen LogP contribution is 2.26. The first-order valence-corrected chi connectivity index (χ1v) is 10.4. The van der Waals surface area contributed by atoms with Gasteiger partial charge in [0.25, 0.3) is 11.7 Å². The van der Waals surface area contributed by atoms with Crippen molar-refractivity contribution in [2.45, 2.75) is 43.6 Å². The van der Waals surface area contributed by atoms with Crippen LogP contribution in [-0.4, -0.2) is 77.4 Å². The molecule has 0 spiro atoms. The predicted molar refractivity (Wildman–Crippen MR) is 107 cm³/mol. The molecule has 0 saturated carbocycles. The van der Waals surface area contributed by atoms with Crippen molar-refractivity contribution in [2.75, 3.05) is 39.3 Å². The van der Waals surface area contributed by atoms with Crippen LogP contribution in [0.2, 0.25) is 0 Å². The molecule has 0 radical (unpaired) electrons. The molecule has 2 heterocycles. The number of thioether (sulfide) groups is 1. The van der Waals surface area contributed by atoms with Gasteiger partial charge in [-0.25, -0.2) is 9.78 Å². The van der Waals surface area contributed by atoms with E-state index in [1.807, 2.05) is 20.8 Å². The lowest BCUT2D eigenvalue weighted by Crippen LogP contribution is -2.50. The van der Waals surface area contributed by atoms with E-state index >= 15 is 0 Å². The van der Waals surface area contributed by atoms with Gasteiger partial charge in [0.15, 0.2) is 0 Å². The summed E-state index contributed by atoms with van der Waals surface area (Å²) < 4.78 is 30.6. The maximum Gasteiger partial charge on any atom is 0.410 e. The molecule has 0 aromatic carbocycles. The summed E-state index contributed by atoms with van der Waals surface area (Å²) in [6.07, 6.45) is 1.81. The monoisotopic (exact) mass is 430 g/mol. The minimum absolute atomic E-state index is 0.0262. The van der Waals surface area contributed by atoms with Crippen molar-refractivity contribution in [3.05, 3.63) is 23.9 Å². The molecule has 0 atom stereocenters. The molecule has 1 aliphatic rings. The van der Waals surface area contributed by atoms with Crippen molar-refractivity contribution < 1.29 is 23.1 Å². The van der Waals surface area contributed by atoms with Gasteiger partial charge in [-0.1, -0.05) is 0 Å². The fourth-order valence-electron chi connectivity index (χ4n) is 2.82. The van der Waals surface area contributed by atoms with Crippen molar-refractivity contribution in [1.29, 1.82) is 0 Å². The fraction of sp³-hybridized carbons (Fsp3) is 0.632. The van der Waals surface area contributed by atoms with E-state index in [2.05, 4.69) is 15.2 Å². The summed E-state index contributed by atoms with van der Waals surface area (Å²) in [5.74, 6) is -3.04. The zero-order valence-corrected chi connectivity index (χ0v) is 17.8. The van der Waals surface area contributed by atoms with Crippen LogP contribution in [0.4, 0.5) is 13.6 Å². The highest BCUT2D eigenvalue weighted by Gasteiger charge is 2.25. The summed E-state index contributed by atoms with van der Waals surface area (Å²) >= 11 is 0.265. The lowest BCUT2D eigenvalue weighted by Gasteiger charge is -2.35. The number of carbonyl (C=O) groups excluding carboxylic acids is 2. The van der Waals surface area contributed by atoms with Gasteiger partial charge in [0.05, 0.1) is 5.56 Å². The number of halogens is 2. The number of rotatable bonds is 7. The molecule has 1 fully saturated rings. The number of piperazine rings is 1. The molecule has 1 aliphatic heterocycles. The highest BCUT2D eigenvalue weighted by atomic mass is 32.2. The SMILES string of the molecule is CC(C)(C)OC(=O)N1CCN(CCCNC(=O)c2cccnc2SC(F)F)CC1. The Morgan fingerprint density at radius 3 is 2.59 bits per heavy atom. The summed E-state index contributed by atoms with van der Waals surface area (Å²) in [6, 6.07) is 3.04. The molecule has 2 amide bonds. The van der Waals surface area contributed by atoms with Crippen LogP contribution in [0.15, 0.2) is 23.4 Å². The summed E-state index contributed by atoms with van der Waals surface area (Å²) in [5, 5.41) is 2.78. The zero-order chi connectivity index (χ0) is 21.4.